The summed E-state index contributed by atoms with van der Waals surface area (Å²) in [6.45, 7) is 1.86. The van der Waals surface area contributed by atoms with Crippen LogP contribution in [0.4, 0.5) is 5.69 Å². The van der Waals surface area contributed by atoms with Crippen LogP contribution < -0.4 is 4.74 Å². The highest BCUT2D eigenvalue weighted by molar-refractivity contribution is 7.90. The van der Waals surface area contributed by atoms with Gasteiger partial charge in [0.25, 0.3) is 10.0 Å². The van der Waals surface area contributed by atoms with Gasteiger partial charge in [-0.3, -0.25) is 10.1 Å². The topological polar surface area (TPSA) is 91.4 Å². The van der Waals surface area contributed by atoms with Crippen molar-refractivity contribution < 1.29 is 18.1 Å². The number of hydrogen-bond donors (Lipinski definition) is 0. The molecule has 0 saturated heterocycles. The monoisotopic (exact) mass is 346 g/mol. The summed E-state index contributed by atoms with van der Waals surface area (Å²) >= 11 is 0. The fraction of sp³-hybridized carbons (Fsp3) is 0.125. The van der Waals surface area contributed by atoms with Crippen molar-refractivity contribution in [3.05, 3.63) is 64.3 Å². The van der Waals surface area contributed by atoms with E-state index in [2.05, 4.69) is 0 Å². The van der Waals surface area contributed by atoms with Gasteiger partial charge in [-0.2, -0.15) is 0 Å². The Morgan fingerprint density at radius 1 is 1.08 bits per heavy atom. The lowest BCUT2D eigenvalue weighted by molar-refractivity contribution is -0.383. The van der Waals surface area contributed by atoms with Gasteiger partial charge in [0.2, 0.25) is 0 Å². The summed E-state index contributed by atoms with van der Waals surface area (Å²) in [5.74, 6) is 0.0815. The van der Waals surface area contributed by atoms with Crippen LogP contribution in [0.1, 0.15) is 5.56 Å². The summed E-state index contributed by atoms with van der Waals surface area (Å²) < 4.78 is 31.7. The van der Waals surface area contributed by atoms with Crippen molar-refractivity contribution in [1.82, 2.24) is 3.97 Å². The van der Waals surface area contributed by atoms with E-state index in [1.54, 1.807) is 12.1 Å². The molecule has 8 heteroatoms. The normalized spacial score (nSPS) is 11.6. The predicted molar refractivity (Wildman–Crippen MR) is 88.9 cm³/mol. The van der Waals surface area contributed by atoms with Crippen LogP contribution in [0.15, 0.2) is 53.6 Å². The standard InChI is InChI=1S/C16H14N2O5S/c1-11-3-5-12(6-4-11)24(21,22)17-10-9-13-14(17)7-8-15(23-2)16(13)18(19)20/h3-10H,1-2H3. The van der Waals surface area contributed by atoms with Crippen molar-refractivity contribution in [1.29, 1.82) is 0 Å². The Morgan fingerprint density at radius 3 is 2.33 bits per heavy atom. The molecule has 7 nitrogen and oxygen atoms in total. The molecule has 3 aromatic rings. The Bertz CT molecular complexity index is 1040. The number of rotatable bonds is 4. The molecule has 0 fully saturated rings. The van der Waals surface area contributed by atoms with Crippen LogP contribution in [-0.4, -0.2) is 24.4 Å². The quantitative estimate of drug-likeness (QED) is 0.535. The zero-order valence-corrected chi connectivity index (χ0v) is 13.8. The lowest BCUT2D eigenvalue weighted by Crippen LogP contribution is -2.11. The first-order valence-electron chi connectivity index (χ1n) is 7.01. The summed E-state index contributed by atoms with van der Waals surface area (Å²) in [6.07, 6.45) is 1.31. The number of nitrogens with zero attached hydrogens (tertiary/aromatic N) is 2. The number of nitro groups is 1. The van der Waals surface area contributed by atoms with Gasteiger partial charge in [-0.25, -0.2) is 12.4 Å². The van der Waals surface area contributed by atoms with Gasteiger partial charge in [-0.05, 0) is 37.3 Å². The van der Waals surface area contributed by atoms with Crippen LogP contribution >= 0.6 is 0 Å². The Kier molecular flexibility index (Phi) is 3.76. The van der Waals surface area contributed by atoms with E-state index >= 15 is 0 Å². The van der Waals surface area contributed by atoms with Crippen molar-refractivity contribution in [3.8, 4) is 5.75 Å². The molecular weight excluding hydrogens is 332 g/mol. The molecular formula is C16H14N2O5S. The number of aryl methyl sites for hydroxylation is 1. The van der Waals surface area contributed by atoms with Gasteiger partial charge in [0.05, 0.1) is 27.8 Å². The van der Waals surface area contributed by atoms with E-state index in [9.17, 15) is 18.5 Å². The van der Waals surface area contributed by atoms with Crippen molar-refractivity contribution in [2.24, 2.45) is 0 Å². The number of nitro benzene ring substituents is 1. The lowest BCUT2D eigenvalue weighted by Gasteiger charge is -2.09. The van der Waals surface area contributed by atoms with E-state index in [1.165, 1.54) is 43.6 Å². The first-order chi connectivity index (χ1) is 11.4. The smallest absolute Gasteiger partial charge is 0.320 e. The van der Waals surface area contributed by atoms with Gasteiger partial charge in [-0.15, -0.1) is 0 Å². The minimum atomic E-state index is -3.85. The molecule has 0 atom stereocenters. The van der Waals surface area contributed by atoms with Gasteiger partial charge >= 0.3 is 5.69 Å². The second kappa shape index (κ2) is 5.64. The van der Waals surface area contributed by atoms with Gasteiger partial charge < -0.3 is 4.74 Å². The minimum Gasteiger partial charge on any atom is -0.490 e. The molecule has 0 aliphatic rings. The number of ether oxygens (including phenoxy) is 1. The first kappa shape index (κ1) is 16.0. The first-order valence-corrected chi connectivity index (χ1v) is 8.45. The average Bonchev–Trinajstić information content (AvgIpc) is 2.98. The van der Waals surface area contributed by atoms with E-state index in [-0.39, 0.29) is 27.2 Å². The molecule has 0 spiro atoms. The third-order valence-corrected chi connectivity index (χ3v) is 5.46. The number of benzene rings is 2. The molecule has 0 aliphatic heterocycles. The third kappa shape index (κ3) is 2.41. The molecule has 0 amide bonds. The predicted octanol–water partition coefficient (Wildman–Crippen LogP) is 3.10. The summed E-state index contributed by atoms with van der Waals surface area (Å²) in [4.78, 5) is 10.9. The van der Waals surface area contributed by atoms with E-state index in [4.69, 9.17) is 4.74 Å². The average molecular weight is 346 g/mol. The van der Waals surface area contributed by atoms with Crippen LogP contribution in [0.3, 0.4) is 0 Å². The molecule has 3 rings (SSSR count). The molecule has 0 unspecified atom stereocenters. The second-order valence-corrected chi connectivity index (χ2v) is 7.05. The van der Waals surface area contributed by atoms with E-state index in [0.717, 1.165) is 9.54 Å². The highest BCUT2D eigenvalue weighted by Crippen LogP contribution is 2.36. The molecule has 0 bridgehead atoms. The largest absolute Gasteiger partial charge is 0.490 e. The Hall–Kier alpha value is -2.87. The maximum absolute atomic E-state index is 12.8. The summed E-state index contributed by atoms with van der Waals surface area (Å²) in [5.41, 5.74) is 0.905. The highest BCUT2D eigenvalue weighted by Gasteiger charge is 2.25. The molecule has 0 saturated carbocycles. The number of fused-ring (bicyclic) bond motifs is 1. The third-order valence-electron chi connectivity index (χ3n) is 3.75. The Morgan fingerprint density at radius 2 is 1.75 bits per heavy atom. The van der Waals surface area contributed by atoms with E-state index < -0.39 is 14.9 Å². The van der Waals surface area contributed by atoms with E-state index in [1.807, 2.05) is 6.92 Å². The molecule has 124 valence electrons. The van der Waals surface area contributed by atoms with Crippen LogP contribution in [-0.2, 0) is 10.0 Å². The van der Waals surface area contributed by atoms with Crippen LogP contribution in [0.2, 0.25) is 0 Å². The molecule has 1 heterocycles. The van der Waals surface area contributed by atoms with Crippen LogP contribution in [0.5, 0.6) is 5.75 Å². The molecule has 0 aliphatic carbocycles. The van der Waals surface area contributed by atoms with Gasteiger partial charge in [0, 0.05) is 6.20 Å². The van der Waals surface area contributed by atoms with E-state index in [0.29, 0.717) is 0 Å². The fourth-order valence-corrected chi connectivity index (χ4v) is 3.89. The number of methoxy groups -OCH3 is 1. The number of hydrogen-bond acceptors (Lipinski definition) is 5. The minimum absolute atomic E-state index is 0.0815. The molecule has 2 aromatic carbocycles. The highest BCUT2D eigenvalue weighted by atomic mass is 32.2. The van der Waals surface area contributed by atoms with Crippen LogP contribution in [0, 0.1) is 17.0 Å². The van der Waals surface area contributed by atoms with Crippen molar-refractivity contribution in [3.63, 3.8) is 0 Å². The van der Waals surface area contributed by atoms with Crippen LogP contribution in [0.25, 0.3) is 10.9 Å². The van der Waals surface area contributed by atoms with Crippen molar-refractivity contribution in [2.75, 3.05) is 7.11 Å². The van der Waals surface area contributed by atoms with Gasteiger partial charge in [-0.1, -0.05) is 17.7 Å². The van der Waals surface area contributed by atoms with Crippen molar-refractivity contribution in [2.45, 2.75) is 11.8 Å². The summed E-state index contributed by atoms with van der Waals surface area (Å²) in [7, 11) is -2.52. The summed E-state index contributed by atoms with van der Waals surface area (Å²) in [6, 6.07) is 10.7. The summed E-state index contributed by atoms with van der Waals surface area (Å²) in [5, 5.41) is 11.5. The zero-order valence-electron chi connectivity index (χ0n) is 13.0. The number of aromatic nitrogens is 1. The second-order valence-electron chi connectivity index (χ2n) is 5.24. The SMILES string of the molecule is COc1ccc2c(ccn2S(=O)(=O)c2ccc(C)cc2)c1[N+](=O)[O-]. The van der Waals surface area contributed by atoms with Crippen molar-refractivity contribution >= 4 is 26.6 Å². The molecule has 24 heavy (non-hydrogen) atoms. The zero-order chi connectivity index (χ0) is 17.5. The Balaban J connectivity index is 2.27. The maximum Gasteiger partial charge on any atom is 0.320 e. The molecule has 0 N–H and O–H groups in total. The lowest BCUT2D eigenvalue weighted by atomic mass is 10.2. The molecule has 1 aromatic heterocycles. The maximum atomic E-state index is 12.8. The van der Waals surface area contributed by atoms with Gasteiger partial charge in [0.15, 0.2) is 5.75 Å². The molecule has 0 radical (unpaired) electrons. The fourth-order valence-electron chi connectivity index (χ4n) is 2.54. The van der Waals surface area contributed by atoms with Gasteiger partial charge in [0.1, 0.15) is 0 Å². The Labute approximate surface area is 138 Å².